The highest BCUT2D eigenvalue weighted by Gasteiger charge is 2.37. The Morgan fingerprint density at radius 2 is 2.00 bits per heavy atom. The van der Waals surface area contributed by atoms with Gasteiger partial charge < -0.3 is 0 Å². The fourth-order valence-electron chi connectivity index (χ4n) is 3.36. The Morgan fingerprint density at radius 1 is 1.18 bits per heavy atom. The van der Waals surface area contributed by atoms with Crippen LogP contribution < -0.4 is 0 Å². The molecule has 90 valence electrons. The van der Waals surface area contributed by atoms with Crippen molar-refractivity contribution < 1.29 is 4.79 Å². The Labute approximate surface area is 103 Å². The SMILES string of the molecule is O=C1CCC2C(CCN2Cc2ccccc2)C1. The molecule has 2 heteroatoms. The molecular weight excluding hydrogens is 210 g/mol. The summed E-state index contributed by atoms with van der Waals surface area (Å²) in [5, 5.41) is 0. The van der Waals surface area contributed by atoms with Crippen LogP contribution in [0.5, 0.6) is 0 Å². The van der Waals surface area contributed by atoms with Crippen LogP contribution in [0, 0.1) is 5.92 Å². The number of carbonyl (C=O) groups excluding carboxylic acids is 1. The molecule has 0 spiro atoms. The molecule has 1 aromatic carbocycles. The van der Waals surface area contributed by atoms with Gasteiger partial charge in [0.2, 0.25) is 0 Å². The molecule has 1 aromatic rings. The summed E-state index contributed by atoms with van der Waals surface area (Å²) in [6.45, 7) is 2.22. The molecule has 1 aliphatic carbocycles. The Kier molecular flexibility index (Phi) is 2.98. The lowest BCUT2D eigenvalue weighted by Gasteiger charge is -2.31. The van der Waals surface area contributed by atoms with E-state index in [0.717, 1.165) is 32.4 Å². The average Bonchev–Trinajstić information content (AvgIpc) is 2.73. The number of benzene rings is 1. The largest absolute Gasteiger partial charge is 0.300 e. The van der Waals surface area contributed by atoms with Gasteiger partial charge in [-0.15, -0.1) is 0 Å². The number of rotatable bonds is 2. The summed E-state index contributed by atoms with van der Waals surface area (Å²) >= 11 is 0. The quantitative estimate of drug-likeness (QED) is 0.777. The number of ketones is 1. The van der Waals surface area contributed by atoms with Gasteiger partial charge in [0.05, 0.1) is 0 Å². The molecule has 1 saturated carbocycles. The van der Waals surface area contributed by atoms with E-state index in [1.807, 2.05) is 0 Å². The predicted octanol–water partition coefficient (Wildman–Crippen LogP) is 2.63. The number of likely N-dealkylation sites (tertiary alicyclic amines) is 1. The fraction of sp³-hybridized carbons (Fsp3) is 0.533. The zero-order valence-electron chi connectivity index (χ0n) is 10.1. The first-order valence-corrected chi connectivity index (χ1v) is 6.62. The van der Waals surface area contributed by atoms with Crippen LogP contribution in [0.3, 0.4) is 0 Å². The molecule has 17 heavy (non-hydrogen) atoms. The third kappa shape index (κ3) is 2.27. The molecule has 2 atom stereocenters. The molecule has 0 N–H and O–H groups in total. The summed E-state index contributed by atoms with van der Waals surface area (Å²) in [7, 11) is 0. The van der Waals surface area contributed by atoms with Gasteiger partial charge in [0.1, 0.15) is 5.78 Å². The minimum Gasteiger partial charge on any atom is -0.300 e. The van der Waals surface area contributed by atoms with Crippen molar-refractivity contribution in [2.24, 2.45) is 5.92 Å². The molecular formula is C15H19NO. The van der Waals surface area contributed by atoms with Crippen molar-refractivity contribution in [3.63, 3.8) is 0 Å². The molecule has 3 rings (SSSR count). The van der Waals surface area contributed by atoms with Gasteiger partial charge in [0.15, 0.2) is 0 Å². The van der Waals surface area contributed by atoms with E-state index in [0.29, 0.717) is 17.7 Å². The van der Waals surface area contributed by atoms with Crippen molar-refractivity contribution in [2.75, 3.05) is 6.54 Å². The monoisotopic (exact) mass is 229 g/mol. The minimum atomic E-state index is 0.479. The zero-order chi connectivity index (χ0) is 11.7. The normalized spacial score (nSPS) is 29.3. The van der Waals surface area contributed by atoms with Crippen molar-refractivity contribution >= 4 is 5.78 Å². The van der Waals surface area contributed by atoms with Crippen LogP contribution in [0.1, 0.15) is 31.2 Å². The summed E-state index contributed by atoms with van der Waals surface area (Å²) in [5.41, 5.74) is 1.39. The van der Waals surface area contributed by atoms with E-state index in [2.05, 4.69) is 35.2 Å². The van der Waals surface area contributed by atoms with Crippen LogP contribution in [0.4, 0.5) is 0 Å². The van der Waals surface area contributed by atoms with Gasteiger partial charge in [-0.1, -0.05) is 30.3 Å². The van der Waals surface area contributed by atoms with E-state index in [-0.39, 0.29) is 0 Å². The van der Waals surface area contributed by atoms with Crippen LogP contribution >= 0.6 is 0 Å². The predicted molar refractivity (Wildman–Crippen MR) is 67.6 cm³/mol. The summed E-state index contributed by atoms with van der Waals surface area (Å²) < 4.78 is 0. The first kappa shape index (κ1) is 11.0. The summed E-state index contributed by atoms with van der Waals surface area (Å²) in [5.74, 6) is 1.12. The highest BCUT2D eigenvalue weighted by molar-refractivity contribution is 5.79. The maximum absolute atomic E-state index is 11.5. The first-order chi connectivity index (χ1) is 8.33. The lowest BCUT2D eigenvalue weighted by molar-refractivity contribution is -0.122. The standard InChI is InChI=1S/C15H19NO/c17-14-6-7-15-13(10-14)8-9-16(15)11-12-4-2-1-3-5-12/h1-5,13,15H,6-11H2. The van der Waals surface area contributed by atoms with E-state index < -0.39 is 0 Å². The maximum atomic E-state index is 11.5. The van der Waals surface area contributed by atoms with Crippen LogP contribution in [0.25, 0.3) is 0 Å². The molecule has 2 fully saturated rings. The van der Waals surface area contributed by atoms with E-state index in [1.165, 1.54) is 12.0 Å². The van der Waals surface area contributed by atoms with Crippen LogP contribution in [-0.4, -0.2) is 23.3 Å². The Morgan fingerprint density at radius 3 is 2.82 bits per heavy atom. The second-order valence-corrected chi connectivity index (χ2v) is 5.35. The van der Waals surface area contributed by atoms with Gasteiger partial charge in [-0.3, -0.25) is 9.69 Å². The summed E-state index contributed by atoms with van der Waals surface area (Å²) in [6.07, 6.45) is 3.92. The Balaban J connectivity index is 1.68. The Bertz CT molecular complexity index is 401. The molecule has 0 bridgehead atoms. The molecule has 0 aromatic heterocycles. The molecule has 2 unspecified atom stereocenters. The van der Waals surface area contributed by atoms with Crippen LogP contribution in [-0.2, 0) is 11.3 Å². The third-order valence-electron chi connectivity index (χ3n) is 4.24. The van der Waals surface area contributed by atoms with Crippen molar-refractivity contribution in [2.45, 2.75) is 38.3 Å². The lowest BCUT2D eigenvalue weighted by atomic mass is 9.84. The number of hydrogen-bond donors (Lipinski definition) is 0. The average molecular weight is 229 g/mol. The number of fused-ring (bicyclic) bond motifs is 1. The van der Waals surface area contributed by atoms with Crippen molar-refractivity contribution in [1.82, 2.24) is 4.90 Å². The second-order valence-electron chi connectivity index (χ2n) is 5.35. The number of hydrogen-bond acceptors (Lipinski definition) is 2. The smallest absolute Gasteiger partial charge is 0.133 e. The van der Waals surface area contributed by atoms with Gasteiger partial charge in [0, 0.05) is 25.4 Å². The zero-order valence-corrected chi connectivity index (χ0v) is 10.1. The summed E-state index contributed by atoms with van der Waals surface area (Å²) in [4.78, 5) is 14.0. The molecule has 2 aliphatic rings. The number of nitrogens with zero attached hydrogens (tertiary/aromatic N) is 1. The highest BCUT2D eigenvalue weighted by atomic mass is 16.1. The molecule has 0 amide bonds. The highest BCUT2D eigenvalue weighted by Crippen LogP contribution is 2.35. The molecule has 1 aliphatic heterocycles. The van der Waals surface area contributed by atoms with E-state index in [4.69, 9.17) is 0 Å². The third-order valence-corrected chi connectivity index (χ3v) is 4.24. The Hall–Kier alpha value is -1.15. The van der Waals surface area contributed by atoms with Crippen LogP contribution in [0.15, 0.2) is 30.3 Å². The van der Waals surface area contributed by atoms with Gasteiger partial charge in [-0.05, 0) is 30.9 Å². The van der Waals surface area contributed by atoms with E-state index in [9.17, 15) is 4.79 Å². The van der Waals surface area contributed by atoms with E-state index >= 15 is 0 Å². The molecule has 1 saturated heterocycles. The first-order valence-electron chi connectivity index (χ1n) is 6.62. The molecule has 1 heterocycles. The summed E-state index contributed by atoms with van der Waals surface area (Å²) in [6, 6.07) is 11.3. The lowest BCUT2D eigenvalue weighted by Crippen LogP contribution is -2.36. The number of carbonyl (C=O) groups is 1. The van der Waals surface area contributed by atoms with Crippen LogP contribution in [0.2, 0.25) is 0 Å². The molecule has 2 nitrogen and oxygen atoms in total. The molecule has 0 radical (unpaired) electrons. The van der Waals surface area contributed by atoms with Crippen molar-refractivity contribution in [3.05, 3.63) is 35.9 Å². The number of Topliss-reactive ketones (excluding diaryl/α,β-unsaturated/α-hetero) is 1. The van der Waals surface area contributed by atoms with Gasteiger partial charge >= 0.3 is 0 Å². The van der Waals surface area contributed by atoms with Gasteiger partial charge in [-0.2, -0.15) is 0 Å². The second kappa shape index (κ2) is 4.61. The van der Waals surface area contributed by atoms with Crippen molar-refractivity contribution in [3.8, 4) is 0 Å². The van der Waals surface area contributed by atoms with Gasteiger partial charge in [-0.25, -0.2) is 0 Å². The van der Waals surface area contributed by atoms with E-state index in [1.54, 1.807) is 0 Å². The van der Waals surface area contributed by atoms with Gasteiger partial charge in [0.25, 0.3) is 0 Å². The maximum Gasteiger partial charge on any atom is 0.133 e. The topological polar surface area (TPSA) is 20.3 Å². The fourth-order valence-corrected chi connectivity index (χ4v) is 3.36. The minimum absolute atomic E-state index is 0.479. The van der Waals surface area contributed by atoms with Crippen molar-refractivity contribution in [1.29, 1.82) is 0 Å².